The van der Waals surface area contributed by atoms with Crippen molar-refractivity contribution in [1.82, 2.24) is 4.90 Å². The second-order valence-corrected chi connectivity index (χ2v) is 6.27. The minimum absolute atomic E-state index is 0.0915. The summed E-state index contributed by atoms with van der Waals surface area (Å²) < 4.78 is 11.3. The first kappa shape index (κ1) is 14.6. The number of hydrogen-bond acceptors (Lipinski definition) is 4. The minimum Gasteiger partial charge on any atom is -0.481 e. The Bertz CT molecular complexity index is 512. The molecule has 2 atom stereocenters. The first-order chi connectivity index (χ1) is 10.1. The summed E-state index contributed by atoms with van der Waals surface area (Å²) in [5.74, 6) is 1.36. The number of aliphatic carboxylic acids is 1. The molecule has 1 N–H and O–H groups in total. The van der Waals surface area contributed by atoms with Crippen molar-refractivity contribution in [3.63, 3.8) is 0 Å². The maximum absolute atomic E-state index is 11.7. The summed E-state index contributed by atoms with van der Waals surface area (Å²) >= 11 is 0. The number of hydrogen-bond donors (Lipinski definition) is 1. The van der Waals surface area contributed by atoms with Gasteiger partial charge in [0.05, 0.1) is 18.6 Å². The van der Waals surface area contributed by atoms with Gasteiger partial charge in [-0.25, -0.2) is 0 Å². The van der Waals surface area contributed by atoms with Crippen LogP contribution >= 0.6 is 0 Å². The highest BCUT2D eigenvalue weighted by Gasteiger charge is 2.53. The fourth-order valence-corrected chi connectivity index (χ4v) is 3.63. The molecule has 5 heteroatoms. The van der Waals surface area contributed by atoms with Crippen molar-refractivity contribution in [1.29, 1.82) is 0 Å². The lowest BCUT2D eigenvalue weighted by Gasteiger charge is -2.34. The fourth-order valence-electron chi connectivity index (χ4n) is 3.63. The molecule has 3 rings (SSSR count). The third-order valence-corrected chi connectivity index (χ3v) is 4.80. The van der Waals surface area contributed by atoms with E-state index < -0.39 is 11.4 Å². The number of rotatable bonds is 5. The molecule has 0 amide bonds. The van der Waals surface area contributed by atoms with Crippen molar-refractivity contribution < 1.29 is 19.1 Å². The summed E-state index contributed by atoms with van der Waals surface area (Å²) in [5.41, 5.74) is -0.628. The van der Waals surface area contributed by atoms with Crippen molar-refractivity contribution >= 4 is 5.97 Å². The van der Waals surface area contributed by atoms with E-state index in [0.29, 0.717) is 32.7 Å². The highest BCUT2D eigenvalue weighted by Crippen LogP contribution is 2.42. The Hall–Kier alpha value is -1.33. The number of carbonyl (C=O) groups is 1. The molecule has 5 nitrogen and oxygen atoms in total. The Morgan fingerprint density at radius 3 is 3.00 bits per heavy atom. The molecule has 2 saturated heterocycles. The van der Waals surface area contributed by atoms with Crippen LogP contribution in [0, 0.1) is 11.3 Å². The Labute approximate surface area is 124 Å². The van der Waals surface area contributed by atoms with Crippen LogP contribution in [0.3, 0.4) is 0 Å². The van der Waals surface area contributed by atoms with Crippen LogP contribution < -0.4 is 0 Å². The van der Waals surface area contributed by atoms with Crippen LogP contribution in [-0.4, -0.2) is 42.3 Å². The highest BCUT2D eigenvalue weighted by molar-refractivity contribution is 5.76. The van der Waals surface area contributed by atoms with Gasteiger partial charge in [0.15, 0.2) is 0 Å². The van der Waals surface area contributed by atoms with E-state index in [1.807, 2.05) is 12.1 Å². The number of aryl methyl sites for hydroxylation is 1. The molecule has 2 aliphatic heterocycles. The number of fused-ring (bicyclic) bond motifs is 1. The van der Waals surface area contributed by atoms with Gasteiger partial charge in [-0.05, 0) is 25.0 Å². The summed E-state index contributed by atoms with van der Waals surface area (Å²) in [6.07, 6.45) is 2.64. The van der Waals surface area contributed by atoms with E-state index in [-0.39, 0.29) is 5.92 Å². The average molecular weight is 293 g/mol. The van der Waals surface area contributed by atoms with Gasteiger partial charge in [0.1, 0.15) is 11.5 Å². The van der Waals surface area contributed by atoms with Crippen LogP contribution in [0.5, 0.6) is 0 Å². The zero-order valence-electron chi connectivity index (χ0n) is 12.5. The molecule has 21 heavy (non-hydrogen) atoms. The first-order valence-corrected chi connectivity index (χ1v) is 7.75. The van der Waals surface area contributed by atoms with Crippen molar-refractivity contribution in [2.24, 2.45) is 11.3 Å². The van der Waals surface area contributed by atoms with Crippen LogP contribution in [0.15, 0.2) is 16.5 Å². The van der Waals surface area contributed by atoms with Crippen LogP contribution in [0.4, 0.5) is 0 Å². The third-order valence-electron chi connectivity index (χ3n) is 4.80. The monoisotopic (exact) mass is 293 g/mol. The Balaban J connectivity index is 1.68. The molecule has 0 spiro atoms. The number of likely N-dealkylation sites (tertiary alicyclic amines) is 1. The Morgan fingerprint density at radius 1 is 1.48 bits per heavy atom. The Kier molecular flexibility index (Phi) is 4.04. The van der Waals surface area contributed by atoms with Gasteiger partial charge < -0.3 is 14.3 Å². The van der Waals surface area contributed by atoms with Crippen LogP contribution in [-0.2, 0) is 22.5 Å². The molecule has 0 radical (unpaired) electrons. The number of ether oxygens (including phenoxy) is 1. The molecule has 2 aliphatic rings. The quantitative estimate of drug-likeness (QED) is 0.901. The standard InChI is InChI=1S/C16H23NO4/c1-2-3-13-4-5-14(21-13)9-17-8-12-10-20-7-6-16(12,11-17)15(18)19/h4-5,12H,2-3,6-11H2,1H3,(H,18,19)/t12-,16+/m1/s1. The predicted octanol–water partition coefficient (Wildman–Crippen LogP) is 2.16. The number of carboxylic acid groups (broad SMARTS) is 1. The summed E-state index contributed by atoms with van der Waals surface area (Å²) in [6, 6.07) is 4.04. The molecule has 0 aromatic carbocycles. The maximum atomic E-state index is 11.7. The predicted molar refractivity (Wildman–Crippen MR) is 77.0 cm³/mol. The SMILES string of the molecule is CCCc1ccc(CN2C[C@@H]3COCC[C@]3(C(=O)O)C2)o1. The molecule has 0 aliphatic carbocycles. The Morgan fingerprint density at radius 2 is 2.29 bits per heavy atom. The summed E-state index contributed by atoms with van der Waals surface area (Å²) in [7, 11) is 0. The largest absolute Gasteiger partial charge is 0.481 e. The molecule has 1 aromatic rings. The van der Waals surface area contributed by atoms with E-state index in [1.54, 1.807) is 0 Å². The van der Waals surface area contributed by atoms with Crippen LogP contribution in [0.1, 0.15) is 31.3 Å². The zero-order chi connectivity index (χ0) is 14.9. The van der Waals surface area contributed by atoms with Crippen molar-refractivity contribution in [2.45, 2.75) is 32.7 Å². The second kappa shape index (κ2) is 5.81. The number of furan rings is 1. The summed E-state index contributed by atoms with van der Waals surface area (Å²) in [4.78, 5) is 13.9. The molecule has 2 fully saturated rings. The molecule has 1 aromatic heterocycles. The van der Waals surface area contributed by atoms with Gasteiger partial charge in [-0.2, -0.15) is 0 Å². The third kappa shape index (κ3) is 2.72. The first-order valence-electron chi connectivity index (χ1n) is 7.75. The van der Waals surface area contributed by atoms with Gasteiger partial charge in [-0.1, -0.05) is 6.92 Å². The second-order valence-electron chi connectivity index (χ2n) is 6.27. The molecular weight excluding hydrogens is 270 g/mol. The molecule has 3 heterocycles. The highest BCUT2D eigenvalue weighted by atomic mass is 16.5. The van der Waals surface area contributed by atoms with E-state index in [9.17, 15) is 9.90 Å². The number of carboxylic acids is 1. The van der Waals surface area contributed by atoms with Crippen molar-refractivity contribution in [3.8, 4) is 0 Å². The smallest absolute Gasteiger partial charge is 0.311 e. The lowest BCUT2D eigenvalue weighted by Crippen LogP contribution is -2.44. The number of nitrogens with zero attached hydrogens (tertiary/aromatic N) is 1. The van der Waals surface area contributed by atoms with E-state index in [2.05, 4.69) is 11.8 Å². The van der Waals surface area contributed by atoms with Gasteiger partial charge in [0.25, 0.3) is 0 Å². The molecular formula is C16H23NO4. The zero-order valence-corrected chi connectivity index (χ0v) is 12.5. The van der Waals surface area contributed by atoms with Crippen LogP contribution in [0.25, 0.3) is 0 Å². The van der Waals surface area contributed by atoms with Crippen molar-refractivity contribution in [3.05, 3.63) is 23.7 Å². The van der Waals surface area contributed by atoms with Crippen molar-refractivity contribution in [2.75, 3.05) is 26.3 Å². The van der Waals surface area contributed by atoms with Gasteiger partial charge >= 0.3 is 5.97 Å². The average Bonchev–Trinajstić information content (AvgIpc) is 3.04. The summed E-state index contributed by atoms with van der Waals surface area (Å²) in [6.45, 7) is 5.30. The van der Waals surface area contributed by atoms with E-state index >= 15 is 0 Å². The lowest BCUT2D eigenvalue weighted by atomic mass is 9.74. The molecule has 116 valence electrons. The molecule has 0 unspecified atom stereocenters. The van der Waals surface area contributed by atoms with Gasteiger partial charge in [0, 0.05) is 32.0 Å². The topological polar surface area (TPSA) is 62.9 Å². The fraction of sp³-hybridized carbons (Fsp3) is 0.688. The lowest BCUT2D eigenvalue weighted by molar-refractivity contribution is -0.157. The molecule has 0 saturated carbocycles. The van der Waals surface area contributed by atoms with Crippen LogP contribution in [0.2, 0.25) is 0 Å². The van der Waals surface area contributed by atoms with E-state index in [0.717, 1.165) is 30.9 Å². The summed E-state index contributed by atoms with van der Waals surface area (Å²) in [5, 5.41) is 9.65. The van der Waals surface area contributed by atoms with E-state index in [4.69, 9.17) is 9.15 Å². The maximum Gasteiger partial charge on any atom is 0.311 e. The van der Waals surface area contributed by atoms with Gasteiger partial charge in [-0.3, -0.25) is 9.69 Å². The van der Waals surface area contributed by atoms with E-state index in [1.165, 1.54) is 0 Å². The van der Waals surface area contributed by atoms with Gasteiger partial charge in [0.2, 0.25) is 0 Å². The molecule has 0 bridgehead atoms. The minimum atomic E-state index is -0.676. The van der Waals surface area contributed by atoms with Gasteiger partial charge in [-0.15, -0.1) is 0 Å². The normalized spacial score (nSPS) is 29.5.